The van der Waals surface area contributed by atoms with E-state index in [0.29, 0.717) is 78.1 Å². The largest absolute Gasteiger partial charge is 0.480 e. The summed E-state index contributed by atoms with van der Waals surface area (Å²) < 4.78 is 40.3. The van der Waals surface area contributed by atoms with Crippen molar-refractivity contribution >= 4 is 51.7 Å². The number of halogens is 4. The molecule has 0 saturated carbocycles. The van der Waals surface area contributed by atoms with E-state index in [0.717, 1.165) is 9.13 Å². The van der Waals surface area contributed by atoms with Crippen LogP contribution in [0.5, 0.6) is 5.88 Å². The first-order valence-corrected chi connectivity index (χ1v) is 17.1. The minimum Gasteiger partial charge on any atom is -0.480 e. The van der Waals surface area contributed by atoms with Gasteiger partial charge in [0.25, 0.3) is 12.0 Å². The summed E-state index contributed by atoms with van der Waals surface area (Å²) in [4.78, 5) is 57.2. The molecule has 272 valence electrons. The maximum atomic E-state index is 13.8. The number of hydrogen-bond donors (Lipinski definition) is 1. The molecule has 0 atom stereocenters. The number of alkyl halides is 2. The van der Waals surface area contributed by atoms with Crippen molar-refractivity contribution in [2.45, 2.75) is 32.7 Å². The molecule has 0 aliphatic carbocycles. The highest BCUT2D eigenvalue weighted by atomic mass is 35.5. The number of fused-ring (bicyclic) bond motifs is 1. The minimum absolute atomic E-state index is 0.109. The van der Waals surface area contributed by atoms with Crippen molar-refractivity contribution in [2.24, 2.45) is 20.0 Å². The summed E-state index contributed by atoms with van der Waals surface area (Å²) in [6.45, 7) is 4.06. The summed E-state index contributed by atoms with van der Waals surface area (Å²) in [6.07, 6.45) is -0.0819. The number of nitrogens with one attached hydrogen (secondary N) is 1. The van der Waals surface area contributed by atoms with Crippen LogP contribution in [0.25, 0.3) is 33.4 Å². The molecule has 1 N–H and O–H groups in total. The summed E-state index contributed by atoms with van der Waals surface area (Å²) in [5, 5.41) is 3.20. The van der Waals surface area contributed by atoms with Crippen molar-refractivity contribution in [1.82, 2.24) is 34.0 Å². The first-order chi connectivity index (χ1) is 24.9. The van der Waals surface area contributed by atoms with Crippen LogP contribution in [-0.4, -0.2) is 66.7 Å². The lowest BCUT2D eigenvalue weighted by atomic mass is 9.97. The molecule has 1 saturated heterocycles. The topological polar surface area (TPSA) is 146 Å². The number of aromatic nitrogens is 6. The maximum Gasteiger partial charge on any atom is 0.332 e. The van der Waals surface area contributed by atoms with E-state index in [1.807, 2.05) is 0 Å². The maximum absolute atomic E-state index is 13.8. The number of aryl methyl sites for hydroxylation is 1. The molecule has 0 amide bonds. The third kappa shape index (κ3) is 7.07. The molecule has 0 radical (unpaired) electrons. The molecule has 4 heterocycles. The fourth-order valence-electron chi connectivity index (χ4n) is 6.16. The van der Waals surface area contributed by atoms with Crippen molar-refractivity contribution in [1.29, 1.82) is 0 Å². The number of carbonyl (C=O) groups is 1. The lowest BCUT2D eigenvalue weighted by molar-refractivity contribution is -0.149. The van der Waals surface area contributed by atoms with Gasteiger partial charge in [-0.05, 0) is 38.9 Å². The molecule has 6 rings (SSSR count). The highest BCUT2D eigenvalue weighted by molar-refractivity contribution is 6.39. The van der Waals surface area contributed by atoms with Gasteiger partial charge in [0, 0.05) is 37.3 Å². The third-order valence-corrected chi connectivity index (χ3v) is 9.73. The predicted octanol–water partition coefficient (Wildman–Crippen LogP) is 5.92. The first-order valence-electron chi connectivity index (χ1n) is 16.3. The summed E-state index contributed by atoms with van der Waals surface area (Å²) in [5.41, 5.74) is 1.11. The Hall–Kier alpha value is -4.99. The molecule has 0 bridgehead atoms. The fraction of sp³-hybridized carbons (Fsp3) is 0.343. The van der Waals surface area contributed by atoms with E-state index in [9.17, 15) is 23.2 Å². The molecule has 1 aliphatic rings. The van der Waals surface area contributed by atoms with Crippen molar-refractivity contribution in [3.8, 4) is 28.3 Å². The van der Waals surface area contributed by atoms with Crippen LogP contribution in [0.2, 0.25) is 10.0 Å². The van der Waals surface area contributed by atoms with E-state index >= 15 is 0 Å². The van der Waals surface area contributed by atoms with Gasteiger partial charge in [-0.3, -0.25) is 28.6 Å². The number of benzene rings is 2. The Kier molecular flexibility index (Phi) is 10.8. The van der Waals surface area contributed by atoms with Crippen LogP contribution in [0.15, 0.2) is 52.2 Å². The summed E-state index contributed by atoms with van der Waals surface area (Å²) in [6, 6.07) is 10.3. The van der Waals surface area contributed by atoms with E-state index in [4.69, 9.17) is 37.7 Å². The minimum atomic E-state index is -3.08. The summed E-state index contributed by atoms with van der Waals surface area (Å²) >= 11 is 13.9. The molecule has 1 aliphatic heterocycles. The van der Waals surface area contributed by atoms with Crippen LogP contribution in [0.1, 0.15) is 37.7 Å². The number of carbonyl (C=O) groups excluding carboxylic acids is 1. The van der Waals surface area contributed by atoms with Crippen molar-refractivity contribution in [2.75, 3.05) is 32.1 Å². The lowest BCUT2D eigenvalue weighted by Crippen LogP contribution is -2.38. The zero-order chi connectivity index (χ0) is 37.3. The van der Waals surface area contributed by atoms with Crippen molar-refractivity contribution in [3.05, 3.63) is 85.0 Å². The number of hydrogen-bond acceptors (Lipinski definition) is 11. The van der Waals surface area contributed by atoms with E-state index in [1.54, 1.807) is 49.5 Å². The van der Waals surface area contributed by atoms with Crippen LogP contribution in [0, 0.1) is 5.92 Å². The second-order valence-electron chi connectivity index (χ2n) is 12.1. The molecule has 0 spiro atoms. The molecule has 52 heavy (non-hydrogen) atoms. The van der Waals surface area contributed by atoms with Gasteiger partial charge in [0.2, 0.25) is 5.88 Å². The predicted molar refractivity (Wildman–Crippen MR) is 192 cm³/mol. The highest BCUT2D eigenvalue weighted by Gasteiger charge is 2.27. The molecular weight excluding hydrogens is 721 g/mol. The Labute approximate surface area is 306 Å². The Bertz CT molecular complexity index is 2290. The van der Waals surface area contributed by atoms with Gasteiger partial charge >= 0.3 is 11.7 Å². The Morgan fingerprint density at radius 1 is 0.981 bits per heavy atom. The smallest absolute Gasteiger partial charge is 0.332 e. The van der Waals surface area contributed by atoms with E-state index in [1.165, 1.54) is 21.2 Å². The SMILES string of the molecule is CCOC(=O)C1CCN(Cc2ncc(-c3cccc(-c4cccc(Nc5nc(C(F)F)nc6c5c(=O)n(C)c(=O)n6C)c4Cl)c3Cl)nc2OC)CC1. The second kappa shape index (κ2) is 15.3. The molecule has 3 aromatic heterocycles. The zero-order valence-electron chi connectivity index (χ0n) is 28.6. The molecule has 2 aromatic carbocycles. The van der Waals surface area contributed by atoms with Gasteiger partial charge in [0.05, 0.1) is 47.3 Å². The molecule has 13 nitrogen and oxygen atoms in total. The lowest BCUT2D eigenvalue weighted by Gasteiger charge is -2.30. The monoisotopic (exact) mass is 754 g/mol. The summed E-state index contributed by atoms with van der Waals surface area (Å²) in [7, 11) is 4.11. The number of likely N-dealkylation sites (tertiary alicyclic amines) is 1. The standard InChI is InChI=1S/C35H34Cl2F2N8O5/c1-5-52-34(49)18-12-14-47(15-13-18)17-24-32(51-4)42-23(16-40-24)21-10-6-8-19(26(21)36)20-9-7-11-22(27(20)37)41-29-25-31(44-30(43-29)28(38)39)45(2)35(50)46(3)33(25)48/h6-11,16,18,28H,5,12-15,17H2,1-4H3,(H,41,43,44). The number of anilines is 2. The average Bonchev–Trinajstić information content (AvgIpc) is 3.14. The quantitative estimate of drug-likeness (QED) is 0.170. The molecule has 0 unspecified atom stereocenters. The zero-order valence-corrected chi connectivity index (χ0v) is 30.1. The molecule has 5 aromatic rings. The van der Waals surface area contributed by atoms with Crippen LogP contribution in [-0.2, 0) is 30.2 Å². The molecular formula is C35H34Cl2F2N8O5. The number of piperidine rings is 1. The van der Waals surface area contributed by atoms with Gasteiger partial charge in [0.15, 0.2) is 11.5 Å². The van der Waals surface area contributed by atoms with Crippen LogP contribution < -0.4 is 21.3 Å². The van der Waals surface area contributed by atoms with E-state index < -0.39 is 23.5 Å². The number of esters is 1. The van der Waals surface area contributed by atoms with Crippen LogP contribution in [0.4, 0.5) is 20.3 Å². The average molecular weight is 756 g/mol. The molecule has 17 heteroatoms. The van der Waals surface area contributed by atoms with Crippen molar-refractivity contribution in [3.63, 3.8) is 0 Å². The number of nitrogens with zero attached hydrogens (tertiary/aromatic N) is 7. The Morgan fingerprint density at radius 3 is 2.33 bits per heavy atom. The highest BCUT2D eigenvalue weighted by Crippen LogP contribution is 2.42. The van der Waals surface area contributed by atoms with Crippen LogP contribution >= 0.6 is 23.2 Å². The Balaban J connectivity index is 1.31. The number of ether oxygens (including phenoxy) is 2. The van der Waals surface area contributed by atoms with Crippen molar-refractivity contribution < 1.29 is 23.0 Å². The van der Waals surface area contributed by atoms with Crippen LogP contribution in [0.3, 0.4) is 0 Å². The van der Waals surface area contributed by atoms with Gasteiger partial charge in [0.1, 0.15) is 16.9 Å². The van der Waals surface area contributed by atoms with Gasteiger partial charge < -0.3 is 14.8 Å². The van der Waals surface area contributed by atoms with Gasteiger partial charge in [-0.25, -0.2) is 28.5 Å². The van der Waals surface area contributed by atoms with E-state index in [-0.39, 0.29) is 39.4 Å². The Morgan fingerprint density at radius 2 is 1.65 bits per heavy atom. The summed E-state index contributed by atoms with van der Waals surface area (Å²) in [5.74, 6) is -1.05. The molecule has 1 fully saturated rings. The first kappa shape index (κ1) is 36.8. The van der Waals surface area contributed by atoms with Gasteiger partial charge in [-0.2, -0.15) is 0 Å². The number of rotatable bonds is 10. The second-order valence-corrected chi connectivity index (χ2v) is 12.9. The fourth-order valence-corrected chi connectivity index (χ4v) is 6.76. The normalized spacial score (nSPS) is 13.9. The third-order valence-electron chi connectivity index (χ3n) is 8.91. The van der Waals surface area contributed by atoms with Gasteiger partial charge in [-0.1, -0.05) is 53.5 Å². The van der Waals surface area contributed by atoms with Gasteiger partial charge in [-0.15, -0.1) is 0 Å². The number of methoxy groups -OCH3 is 1. The van der Waals surface area contributed by atoms with E-state index in [2.05, 4.69) is 25.2 Å².